The zero-order valence-corrected chi connectivity index (χ0v) is 11.8. The second-order valence-electron chi connectivity index (χ2n) is 4.95. The van der Waals surface area contributed by atoms with Gasteiger partial charge >= 0.3 is 5.97 Å². The highest BCUT2D eigenvalue weighted by Crippen LogP contribution is 2.39. The molecule has 0 saturated heterocycles. The van der Waals surface area contributed by atoms with Crippen LogP contribution in [-0.2, 0) is 14.3 Å². The number of hydrogen-bond donors (Lipinski definition) is 1. The lowest BCUT2D eigenvalue weighted by molar-refractivity contribution is -0.136. The van der Waals surface area contributed by atoms with Crippen molar-refractivity contribution in [1.29, 1.82) is 0 Å². The van der Waals surface area contributed by atoms with E-state index in [9.17, 15) is 9.59 Å². The SMILES string of the molecule is COC(=O)C1=C(C)NC(=O)C[C@@H]1c1ccc2c(c1)OCO2. The van der Waals surface area contributed by atoms with E-state index in [1.165, 1.54) is 7.11 Å². The summed E-state index contributed by atoms with van der Waals surface area (Å²) in [5.74, 6) is 0.387. The van der Waals surface area contributed by atoms with Crippen molar-refractivity contribution in [3.05, 3.63) is 35.0 Å². The van der Waals surface area contributed by atoms with Crippen LogP contribution in [0.2, 0.25) is 0 Å². The van der Waals surface area contributed by atoms with Crippen molar-refractivity contribution in [1.82, 2.24) is 5.32 Å². The van der Waals surface area contributed by atoms with Crippen LogP contribution >= 0.6 is 0 Å². The summed E-state index contributed by atoms with van der Waals surface area (Å²) < 4.78 is 15.5. The highest BCUT2D eigenvalue weighted by Gasteiger charge is 2.33. The van der Waals surface area contributed by atoms with E-state index in [1.54, 1.807) is 13.0 Å². The molecule has 2 aliphatic rings. The number of allylic oxidation sites excluding steroid dienone is 1. The first-order chi connectivity index (χ1) is 10.1. The Morgan fingerprint density at radius 2 is 2.10 bits per heavy atom. The molecule has 0 aromatic heterocycles. The highest BCUT2D eigenvalue weighted by atomic mass is 16.7. The average Bonchev–Trinajstić information content (AvgIpc) is 2.93. The molecule has 0 saturated carbocycles. The molecule has 0 radical (unpaired) electrons. The number of amides is 1. The third-order valence-corrected chi connectivity index (χ3v) is 3.67. The van der Waals surface area contributed by atoms with Crippen LogP contribution in [0.25, 0.3) is 0 Å². The molecule has 1 aromatic rings. The van der Waals surface area contributed by atoms with Gasteiger partial charge in [-0.1, -0.05) is 6.07 Å². The molecule has 21 heavy (non-hydrogen) atoms. The molecular formula is C15H15NO5. The molecule has 0 spiro atoms. The first kappa shape index (κ1) is 13.5. The van der Waals surface area contributed by atoms with E-state index >= 15 is 0 Å². The van der Waals surface area contributed by atoms with E-state index in [0.717, 1.165) is 5.56 Å². The largest absolute Gasteiger partial charge is 0.466 e. The molecule has 1 N–H and O–H groups in total. The van der Waals surface area contributed by atoms with Crippen molar-refractivity contribution in [2.24, 2.45) is 0 Å². The van der Waals surface area contributed by atoms with Gasteiger partial charge < -0.3 is 19.5 Å². The van der Waals surface area contributed by atoms with Crippen LogP contribution in [0, 0.1) is 0 Å². The Morgan fingerprint density at radius 1 is 1.33 bits per heavy atom. The summed E-state index contributed by atoms with van der Waals surface area (Å²) in [7, 11) is 1.33. The number of fused-ring (bicyclic) bond motifs is 1. The maximum Gasteiger partial charge on any atom is 0.336 e. The van der Waals surface area contributed by atoms with Crippen LogP contribution in [0.15, 0.2) is 29.5 Å². The van der Waals surface area contributed by atoms with Crippen LogP contribution in [-0.4, -0.2) is 25.8 Å². The Balaban J connectivity index is 2.04. The van der Waals surface area contributed by atoms with Crippen LogP contribution < -0.4 is 14.8 Å². The molecule has 0 unspecified atom stereocenters. The van der Waals surface area contributed by atoms with E-state index in [0.29, 0.717) is 22.8 Å². The monoisotopic (exact) mass is 289 g/mol. The zero-order valence-electron chi connectivity index (χ0n) is 11.8. The zero-order chi connectivity index (χ0) is 15.0. The number of benzene rings is 1. The summed E-state index contributed by atoms with van der Waals surface area (Å²) >= 11 is 0. The average molecular weight is 289 g/mol. The fourth-order valence-electron chi connectivity index (χ4n) is 2.70. The van der Waals surface area contributed by atoms with Gasteiger partial charge in [-0.05, 0) is 24.6 Å². The normalized spacial score (nSPS) is 20.3. The van der Waals surface area contributed by atoms with Gasteiger partial charge in [0.2, 0.25) is 12.7 Å². The minimum Gasteiger partial charge on any atom is -0.466 e. The van der Waals surface area contributed by atoms with Gasteiger partial charge in [0.05, 0.1) is 12.7 Å². The molecule has 2 heterocycles. The Labute approximate surface area is 121 Å². The molecule has 0 bridgehead atoms. The minimum atomic E-state index is -0.435. The second-order valence-corrected chi connectivity index (χ2v) is 4.95. The fraction of sp³-hybridized carbons (Fsp3) is 0.333. The molecule has 6 nitrogen and oxygen atoms in total. The van der Waals surface area contributed by atoms with E-state index < -0.39 is 5.97 Å². The van der Waals surface area contributed by atoms with Crippen LogP contribution in [0.4, 0.5) is 0 Å². The highest BCUT2D eigenvalue weighted by molar-refractivity contribution is 5.95. The second kappa shape index (κ2) is 5.12. The topological polar surface area (TPSA) is 73.9 Å². The van der Waals surface area contributed by atoms with Crippen molar-refractivity contribution in [2.45, 2.75) is 19.3 Å². The van der Waals surface area contributed by atoms with E-state index in [4.69, 9.17) is 14.2 Å². The molecule has 2 aliphatic heterocycles. The quantitative estimate of drug-likeness (QED) is 0.834. The maximum absolute atomic E-state index is 12.0. The molecule has 0 aliphatic carbocycles. The van der Waals surface area contributed by atoms with Gasteiger partial charge in [0.1, 0.15) is 0 Å². The number of ether oxygens (including phenoxy) is 3. The van der Waals surface area contributed by atoms with Crippen molar-refractivity contribution < 1.29 is 23.8 Å². The van der Waals surface area contributed by atoms with Crippen molar-refractivity contribution in [2.75, 3.05) is 13.9 Å². The fourth-order valence-corrected chi connectivity index (χ4v) is 2.70. The smallest absolute Gasteiger partial charge is 0.336 e. The van der Waals surface area contributed by atoms with Crippen LogP contribution in [0.5, 0.6) is 11.5 Å². The summed E-state index contributed by atoms with van der Waals surface area (Å²) in [6.45, 7) is 1.88. The van der Waals surface area contributed by atoms with Crippen LogP contribution in [0.3, 0.4) is 0 Å². The molecule has 0 fully saturated rings. The molecular weight excluding hydrogens is 274 g/mol. The van der Waals surface area contributed by atoms with E-state index in [2.05, 4.69) is 5.32 Å². The molecule has 3 rings (SSSR count). The van der Waals surface area contributed by atoms with E-state index in [-0.39, 0.29) is 25.0 Å². The Hall–Kier alpha value is -2.50. The summed E-state index contributed by atoms with van der Waals surface area (Å²) in [5, 5.41) is 2.68. The number of rotatable bonds is 2. The first-order valence-corrected chi connectivity index (χ1v) is 6.58. The number of nitrogens with one attached hydrogen (secondary N) is 1. The summed E-state index contributed by atoms with van der Waals surface area (Å²) in [6.07, 6.45) is 0.196. The number of carbonyl (C=O) groups is 2. The van der Waals surface area contributed by atoms with Gasteiger partial charge in [-0.2, -0.15) is 0 Å². The lowest BCUT2D eigenvalue weighted by Gasteiger charge is -2.26. The predicted molar refractivity (Wildman–Crippen MR) is 72.8 cm³/mol. The third kappa shape index (κ3) is 2.33. The summed E-state index contributed by atoms with van der Waals surface area (Å²) in [4.78, 5) is 23.8. The molecule has 1 aromatic carbocycles. The number of hydrogen-bond acceptors (Lipinski definition) is 5. The number of methoxy groups -OCH3 is 1. The summed E-state index contributed by atoms with van der Waals surface area (Å²) in [6, 6.07) is 5.43. The third-order valence-electron chi connectivity index (χ3n) is 3.67. The lowest BCUT2D eigenvalue weighted by Crippen LogP contribution is -2.34. The lowest BCUT2D eigenvalue weighted by atomic mass is 9.84. The van der Waals surface area contributed by atoms with Crippen molar-refractivity contribution >= 4 is 11.9 Å². The van der Waals surface area contributed by atoms with Crippen LogP contribution in [0.1, 0.15) is 24.8 Å². The number of carbonyl (C=O) groups excluding carboxylic acids is 2. The van der Waals surface area contributed by atoms with Gasteiger partial charge in [0, 0.05) is 18.0 Å². The minimum absolute atomic E-state index is 0.122. The number of esters is 1. The van der Waals surface area contributed by atoms with Gasteiger partial charge in [-0.25, -0.2) is 4.79 Å². The molecule has 1 atom stereocenters. The van der Waals surface area contributed by atoms with Gasteiger partial charge in [-0.3, -0.25) is 4.79 Å². The standard InChI is InChI=1S/C15H15NO5/c1-8-14(15(18)19-2)10(6-13(17)16-8)9-3-4-11-12(5-9)21-7-20-11/h3-5,10H,6-7H2,1-2H3,(H,16,17)/t10-/m1/s1. The predicted octanol–water partition coefficient (Wildman–Crippen LogP) is 1.47. The Bertz CT molecular complexity index is 649. The molecule has 6 heteroatoms. The van der Waals surface area contributed by atoms with Crippen molar-refractivity contribution in [3.63, 3.8) is 0 Å². The maximum atomic E-state index is 12.0. The van der Waals surface area contributed by atoms with Gasteiger partial charge in [-0.15, -0.1) is 0 Å². The van der Waals surface area contributed by atoms with Crippen molar-refractivity contribution in [3.8, 4) is 11.5 Å². The van der Waals surface area contributed by atoms with Gasteiger partial charge in [0.15, 0.2) is 11.5 Å². The van der Waals surface area contributed by atoms with Gasteiger partial charge in [0.25, 0.3) is 0 Å². The Morgan fingerprint density at radius 3 is 2.86 bits per heavy atom. The van der Waals surface area contributed by atoms with E-state index in [1.807, 2.05) is 12.1 Å². The Kier molecular flexibility index (Phi) is 3.29. The first-order valence-electron chi connectivity index (χ1n) is 6.58. The molecule has 110 valence electrons. The molecule has 1 amide bonds. The summed E-state index contributed by atoms with van der Waals surface area (Å²) in [5.41, 5.74) is 1.82.